The van der Waals surface area contributed by atoms with Crippen molar-refractivity contribution >= 4 is 16.9 Å². The van der Waals surface area contributed by atoms with Crippen LogP contribution in [0.2, 0.25) is 0 Å². The molecule has 1 saturated heterocycles. The van der Waals surface area contributed by atoms with Gasteiger partial charge in [0, 0.05) is 30.9 Å². The first-order valence-electron chi connectivity index (χ1n) is 10.3. The predicted octanol–water partition coefficient (Wildman–Crippen LogP) is 3.13. The van der Waals surface area contributed by atoms with Gasteiger partial charge in [0.2, 0.25) is 5.88 Å². The van der Waals surface area contributed by atoms with Crippen molar-refractivity contribution in [3.05, 3.63) is 53.2 Å². The van der Waals surface area contributed by atoms with Crippen molar-refractivity contribution in [3.8, 4) is 11.6 Å². The van der Waals surface area contributed by atoms with Gasteiger partial charge in [0.25, 0.3) is 5.91 Å². The Bertz CT molecular complexity index is 1120. The van der Waals surface area contributed by atoms with E-state index in [-0.39, 0.29) is 30.1 Å². The summed E-state index contributed by atoms with van der Waals surface area (Å²) in [6.45, 7) is 2.38. The second kappa shape index (κ2) is 9.13. The first kappa shape index (κ1) is 22.0. The highest BCUT2D eigenvalue weighted by molar-refractivity contribution is 6.07. The van der Waals surface area contributed by atoms with Gasteiger partial charge in [0.05, 0.1) is 30.4 Å². The molecule has 2 aromatic heterocycles. The van der Waals surface area contributed by atoms with Crippen LogP contribution in [-0.4, -0.2) is 48.5 Å². The lowest BCUT2D eigenvalue weighted by atomic mass is 9.90. The van der Waals surface area contributed by atoms with E-state index >= 15 is 0 Å². The van der Waals surface area contributed by atoms with Crippen LogP contribution in [0.4, 0.5) is 4.39 Å². The van der Waals surface area contributed by atoms with Crippen molar-refractivity contribution in [2.24, 2.45) is 0 Å². The number of aryl methyl sites for hydroxylation is 1. The Labute approximate surface area is 184 Å². The zero-order chi connectivity index (χ0) is 22.7. The molecule has 0 saturated carbocycles. The summed E-state index contributed by atoms with van der Waals surface area (Å²) in [5, 5.41) is 13.3. The minimum absolute atomic E-state index is 0.0267. The fraction of sp³-hybridized carbons (Fsp3) is 0.391. The fourth-order valence-corrected chi connectivity index (χ4v) is 3.87. The number of furan rings is 1. The van der Waals surface area contributed by atoms with Crippen molar-refractivity contribution in [1.82, 2.24) is 10.3 Å². The van der Waals surface area contributed by atoms with Crippen LogP contribution in [0.15, 0.2) is 34.9 Å². The average Bonchev–Trinajstić information content (AvgIpc) is 3.12. The third kappa shape index (κ3) is 4.26. The zero-order valence-corrected chi connectivity index (χ0v) is 17.9. The Kier molecular flexibility index (Phi) is 6.29. The number of carbonyl (C=O) groups is 1. The molecule has 3 heterocycles. The van der Waals surface area contributed by atoms with E-state index in [0.29, 0.717) is 48.6 Å². The Morgan fingerprint density at radius 1 is 1.34 bits per heavy atom. The van der Waals surface area contributed by atoms with Gasteiger partial charge in [-0.25, -0.2) is 9.37 Å². The van der Waals surface area contributed by atoms with Gasteiger partial charge in [-0.05, 0) is 38.0 Å². The molecule has 1 amide bonds. The highest BCUT2D eigenvalue weighted by Gasteiger charge is 2.35. The van der Waals surface area contributed by atoms with Gasteiger partial charge in [-0.15, -0.1) is 0 Å². The molecule has 2 N–H and O–H groups in total. The molecule has 1 aliphatic heterocycles. The SMILES string of the molecule is COc1ncccc1COc1cc2c(C(=O)NC3(CO)CCOCC3)c(C)oc2cc1F. The van der Waals surface area contributed by atoms with Crippen LogP contribution in [0, 0.1) is 12.7 Å². The van der Waals surface area contributed by atoms with Crippen molar-refractivity contribution in [1.29, 1.82) is 0 Å². The number of nitrogens with one attached hydrogen (secondary N) is 1. The molecular formula is C23H25FN2O6. The van der Waals surface area contributed by atoms with Crippen LogP contribution >= 0.6 is 0 Å². The molecule has 4 rings (SSSR count). The van der Waals surface area contributed by atoms with E-state index in [4.69, 9.17) is 18.6 Å². The van der Waals surface area contributed by atoms with Crippen molar-refractivity contribution in [3.63, 3.8) is 0 Å². The van der Waals surface area contributed by atoms with Crippen LogP contribution < -0.4 is 14.8 Å². The summed E-state index contributed by atoms with van der Waals surface area (Å²) in [4.78, 5) is 17.2. The molecule has 1 aliphatic rings. The van der Waals surface area contributed by atoms with Crippen molar-refractivity contribution in [2.45, 2.75) is 31.9 Å². The highest BCUT2D eigenvalue weighted by Crippen LogP contribution is 2.33. The molecule has 0 atom stereocenters. The molecule has 0 unspecified atom stereocenters. The Morgan fingerprint density at radius 2 is 2.12 bits per heavy atom. The zero-order valence-electron chi connectivity index (χ0n) is 17.9. The first-order chi connectivity index (χ1) is 15.5. The molecule has 170 valence electrons. The monoisotopic (exact) mass is 444 g/mol. The summed E-state index contributed by atoms with van der Waals surface area (Å²) in [5.74, 6) is -0.302. The van der Waals surface area contributed by atoms with Gasteiger partial charge in [-0.3, -0.25) is 4.79 Å². The fourth-order valence-electron chi connectivity index (χ4n) is 3.87. The third-order valence-corrected chi connectivity index (χ3v) is 5.70. The first-order valence-corrected chi connectivity index (χ1v) is 10.3. The number of fused-ring (bicyclic) bond motifs is 1. The third-order valence-electron chi connectivity index (χ3n) is 5.70. The van der Waals surface area contributed by atoms with E-state index in [9.17, 15) is 14.3 Å². The normalized spacial score (nSPS) is 15.5. The van der Waals surface area contributed by atoms with Gasteiger partial charge in [-0.2, -0.15) is 0 Å². The van der Waals surface area contributed by atoms with Gasteiger partial charge in [0.15, 0.2) is 11.6 Å². The number of benzene rings is 1. The van der Waals surface area contributed by atoms with E-state index < -0.39 is 17.3 Å². The summed E-state index contributed by atoms with van der Waals surface area (Å²) in [7, 11) is 1.50. The average molecular weight is 444 g/mol. The number of aromatic nitrogens is 1. The molecular weight excluding hydrogens is 419 g/mol. The molecule has 1 aromatic carbocycles. The smallest absolute Gasteiger partial charge is 0.255 e. The summed E-state index contributed by atoms with van der Waals surface area (Å²) in [5.41, 5.74) is 0.409. The lowest BCUT2D eigenvalue weighted by Crippen LogP contribution is -2.54. The minimum atomic E-state index is -0.762. The maximum absolute atomic E-state index is 14.7. The van der Waals surface area contributed by atoms with Gasteiger partial charge in [-0.1, -0.05) is 0 Å². The standard InChI is InChI=1S/C23H25FN2O6/c1-14-20(21(28)26-23(13-27)5-8-30-9-6-23)16-10-19(17(24)11-18(16)32-14)31-12-15-4-3-7-25-22(15)29-2/h3-4,7,10-11,27H,5-6,8-9,12-13H2,1-2H3,(H,26,28). The van der Waals surface area contributed by atoms with Gasteiger partial charge >= 0.3 is 0 Å². The van der Waals surface area contributed by atoms with Crippen LogP contribution in [0.25, 0.3) is 11.0 Å². The van der Waals surface area contributed by atoms with E-state index in [2.05, 4.69) is 10.3 Å². The van der Waals surface area contributed by atoms with Crippen molar-refractivity contribution < 1.29 is 32.9 Å². The molecule has 32 heavy (non-hydrogen) atoms. The van der Waals surface area contributed by atoms with E-state index in [0.717, 1.165) is 0 Å². The number of halogens is 1. The topological polar surface area (TPSA) is 103 Å². The molecule has 0 bridgehead atoms. The maximum Gasteiger partial charge on any atom is 0.255 e. The number of rotatable bonds is 7. The minimum Gasteiger partial charge on any atom is -0.486 e. The van der Waals surface area contributed by atoms with Crippen molar-refractivity contribution in [2.75, 3.05) is 26.9 Å². The molecule has 8 nitrogen and oxygen atoms in total. The molecule has 1 fully saturated rings. The second-order valence-corrected chi connectivity index (χ2v) is 7.78. The lowest BCUT2D eigenvalue weighted by molar-refractivity contribution is 0.0125. The number of nitrogens with zero attached hydrogens (tertiary/aromatic N) is 1. The van der Waals surface area contributed by atoms with Gasteiger partial charge in [0.1, 0.15) is 18.0 Å². The number of hydrogen-bond acceptors (Lipinski definition) is 7. The maximum atomic E-state index is 14.7. The number of ether oxygens (including phenoxy) is 3. The molecule has 9 heteroatoms. The highest BCUT2D eigenvalue weighted by atomic mass is 19.1. The predicted molar refractivity (Wildman–Crippen MR) is 113 cm³/mol. The lowest BCUT2D eigenvalue weighted by Gasteiger charge is -2.36. The Morgan fingerprint density at radius 3 is 2.84 bits per heavy atom. The van der Waals surface area contributed by atoms with Crippen LogP contribution in [-0.2, 0) is 11.3 Å². The quantitative estimate of drug-likeness (QED) is 0.577. The summed E-state index contributed by atoms with van der Waals surface area (Å²) < 4.78 is 36.5. The number of methoxy groups -OCH3 is 1. The number of pyridine rings is 1. The van der Waals surface area contributed by atoms with E-state index in [1.54, 1.807) is 25.3 Å². The summed E-state index contributed by atoms with van der Waals surface area (Å²) >= 11 is 0. The number of hydrogen-bond donors (Lipinski definition) is 2. The Hall–Kier alpha value is -3.17. The number of aliphatic hydroxyl groups is 1. The molecule has 0 radical (unpaired) electrons. The summed E-state index contributed by atoms with van der Waals surface area (Å²) in [6, 6.07) is 6.15. The van der Waals surface area contributed by atoms with Gasteiger partial charge < -0.3 is 29.1 Å². The number of carbonyl (C=O) groups excluding carboxylic acids is 1. The van der Waals surface area contributed by atoms with E-state index in [1.807, 2.05) is 0 Å². The summed E-state index contributed by atoms with van der Waals surface area (Å²) in [6.07, 6.45) is 2.59. The largest absolute Gasteiger partial charge is 0.486 e. The van der Waals surface area contributed by atoms with Crippen LogP contribution in [0.5, 0.6) is 11.6 Å². The van der Waals surface area contributed by atoms with Crippen LogP contribution in [0.3, 0.4) is 0 Å². The molecule has 0 spiro atoms. The Balaban J connectivity index is 1.62. The number of amides is 1. The number of aliphatic hydroxyl groups excluding tert-OH is 1. The molecule has 3 aromatic rings. The van der Waals surface area contributed by atoms with Crippen LogP contribution in [0.1, 0.15) is 34.5 Å². The molecule has 0 aliphatic carbocycles. The second-order valence-electron chi connectivity index (χ2n) is 7.78. The van der Waals surface area contributed by atoms with E-state index in [1.165, 1.54) is 19.2 Å².